The number of nitrogens with one attached hydrogen (secondary N) is 1. The van der Waals surface area contributed by atoms with Gasteiger partial charge in [0.05, 0.1) is 0 Å². The number of likely N-dealkylation sites (tertiary alicyclic amines) is 1. The minimum atomic E-state index is -0.602. The van der Waals surface area contributed by atoms with Crippen molar-refractivity contribution in [2.24, 2.45) is 5.92 Å². The van der Waals surface area contributed by atoms with Crippen LogP contribution in [-0.4, -0.2) is 53.4 Å². The van der Waals surface area contributed by atoms with Gasteiger partial charge in [-0.15, -0.1) is 0 Å². The van der Waals surface area contributed by atoms with Crippen LogP contribution in [0, 0.1) is 11.7 Å². The predicted molar refractivity (Wildman–Crippen MR) is 120 cm³/mol. The van der Waals surface area contributed by atoms with Crippen molar-refractivity contribution in [1.29, 1.82) is 0 Å². The molecule has 6 nitrogen and oxygen atoms in total. The Morgan fingerprint density at radius 1 is 1.19 bits per heavy atom. The van der Waals surface area contributed by atoms with Gasteiger partial charge in [0.1, 0.15) is 29.2 Å². The number of carbonyl (C=O) groups excluding carboxylic acids is 1. The number of hydrogen-bond acceptors (Lipinski definition) is 6. The molecular formula is C23H24ClFN4O2. The van der Waals surface area contributed by atoms with Crippen LogP contribution in [0.1, 0.15) is 12.8 Å². The number of ether oxygens (including phenoxy) is 1. The van der Waals surface area contributed by atoms with Gasteiger partial charge >= 0.3 is 0 Å². The number of piperidine rings is 1. The number of halogens is 2. The predicted octanol–water partition coefficient (Wildman–Crippen LogP) is 4.33. The molecule has 0 amide bonds. The van der Waals surface area contributed by atoms with Gasteiger partial charge in [0.2, 0.25) is 0 Å². The number of rotatable bonds is 7. The van der Waals surface area contributed by atoms with Crippen LogP contribution < -0.4 is 10.1 Å². The van der Waals surface area contributed by atoms with Gasteiger partial charge in [0.25, 0.3) is 5.24 Å². The maximum absolute atomic E-state index is 13.4. The third-order valence-corrected chi connectivity index (χ3v) is 5.73. The molecule has 8 heteroatoms. The zero-order valence-corrected chi connectivity index (χ0v) is 18.0. The van der Waals surface area contributed by atoms with Crippen molar-refractivity contribution >= 4 is 33.6 Å². The van der Waals surface area contributed by atoms with Crippen molar-refractivity contribution in [2.45, 2.75) is 12.8 Å². The van der Waals surface area contributed by atoms with Crippen LogP contribution in [-0.2, 0) is 4.79 Å². The quantitative estimate of drug-likeness (QED) is 0.549. The van der Waals surface area contributed by atoms with E-state index in [1.54, 1.807) is 18.2 Å². The monoisotopic (exact) mass is 442 g/mol. The van der Waals surface area contributed by atoms with E-state index in [9.17, 15) is 9.18 Å². The van der Waals surface area contributed by atoms with Gasteiger partial charge < -0.3 is 15.0 Å². The minimum Gasteiger partial charge on any atom is -0.482 e. The smallest absolute Gasteiger partial charge is 0.259 e. The Kier molecular flexibility index (Phi) is 6.63. The van der Waals surface area contributed by atoms with Crippen molar-refractivity contribution in [1.82, 2.24) is 14.9 Å². The van der Waals surface area contributed by atoms with Gasteiger partial charge in [0.15, 0.2) is 6.61 Å². The summed E-state index contributed by atoms with van der Waals surface area (Å²) in [6.07, 6.45) is 3.76. The van der Waals surface area contributed by atoms with Crippen LogP contribution in [0.15, 0.2) is 42.7 Å². The fourth-order valence-corrected chi connectivity index (χ4v) is 3.89. The standard InChI is InChI=1S/C23H24ClFN4O2/c1-29-8-6-15(7-9-29)12-26-23-19-10-17(16-2-4-18(25)5-3-16)11-20(31-13-21(24)30)22(19)27-14-28-23/h2-5,10-11,14-15H,6-9,12-13H2,1H3,(H,26,27,28). The van der Waals surface area contributed by atoms with E-state index in [0.717, 1.165) is 49.0 Å². The summed E-state index contributed by atoms with van der Waals surface area (Å²) in [7, 11) is 2.14. The highest BCUT2D eigenvalue weighted by molar-refractivity contribution is 6.63. The first-order valence-corrected chi connectivity index (χ1v) is 10.7. The van der Waals surface area contributed by atoms with Gasteiger partial charge in [-0.3, -0.25) is 4.79 Å². The fraction of sp³-hybridized carbons (Fsp3) is 0.348. The van der Waals surface area contributed by atoms with E-state index in [0.29, 0.717) is 23.0 Å². The molecule has 1 aliphatic heterocycles. The molecule has 0 aliphatic carbocycles. The molecule has 1 fully saturated rings. The molecule has 31 heavy (non-hydrogen) atoms. The molecule has 2 heterocycles. The maximum atomic E-state index is 13.4. The third-order valence-electron chi connectivity index (χ3n) is 5.62. The van der Waals surface area contributed by atoms with Crippen molar-refractivity contribution < 1.29 is 13.9 Å². The zero-order chi connectivity index (χ0) is 21.8. The topological polar surface area (TPSA) is 67.3 Å². The van der Waals surface area contributed by atoms with Crippen molar-refractivity contribution in [2.75, 3.05) is 38.6 Å². The van der Waals surface area contributed by atoms with Crippen molar-refractivity contribution in [3.05, 3.63) is 48.5 Å². The first-order valence-electron chi connectivity index (χ1n) is 10.3. The van der Waals surface area contributed by atoms with E-state index < -0.39 is 5.24 Å². The second kappa shape index (κ2) is 9.58. The minimum absolute atomic E-state index is 0.272. The lowest BCUT2D eigenvalue weighted by Crippen LogP contribution is -2.33. The Morgan fingerprint density at radius 2 is 1.94 bits per heavy atom. The number of nitrogens with zero attached hydrogens (tertiary/aromatic N) is 3. The Bertz CT molecular complexity index is 1070. The van der Waals surface area contributed by atoms with Crippen molar-refractivity contribution in [3.8, 4) is 16.9 Å². The molecule has 0 bridgehead atoms. The second-order valence-corrected chi connectivity index (χ2v) is 8.29. The van der Waals surface area contributed by atoms with Gasteiger partial charge in [-0.1, -0.05) is 12.1 Å². The van der Waals surface area contributed by atoms with Crippen LogP contribution >= 0.6 is 11.6 Å². The summed E-state index contributed by atoms with van der Waals surface area (Å²) in [5.41, 5.74) is 2.21. The van der Waals surface area contributed by atoms with E-state index in [4.69, 9.17) is 16.3 Å². The van der Waals surface area contributed by atoms with E-state index in [1.165, 1.54) is 18.5 Å². The number of fused-ring (bicyclic) bond motifs is 1. The van der Waals surface area contributed by atoms with E-state index in [-0.39, 0.29) is 12.4 Å². The average molecular weight is 443 g/mol. The van der Waals surface area contributed by atoms with Crippen LogP contribution in [0.25, 0.3) is 22.0 Å². The zero-order valence-electron chi connectivity index (χ0n) is 17.3. The molecule has 0 saturated carbocycles. The molecule has 0 radical (unpaired) electrons. The molecule has 162 valence electrons. The van der Waals surface area contributed by atoms with E-state index >= 15 is 0 Å². The number of aromatic nitrogens is 2. The summed E-state index contributed by atoms with van der Waals surface area (Å²) < 4.78 is 19.0. The lowest BCUT2D eigenvalue weighted by molar-refractivity contribution is -0.113. The SMILES string of the molecule is CN1CCC(CNc2ncnc3c(OCC(=O)Cl)cc(-c4ccc(F)cc4)cc23)CC1. The van der Waals surface area contributed by atoms with Gasteiger partial charge in [0, 0.05) is 11.9 Å². The summed E-state index contributed by atoms with van der Waals surface area (Å²) >= 11 is 5.48. The molecular weight excluding hydrogens is 419 g/mol. The summed E-state index contributed by atoms with van der Waals surface area (Å²) in [5, 5.41) is 3.64. The highest BCUT2D eigenvalue weighted by atomic mass is 35.5. The Labute approximate surface area is 185 Å². The number of benzene rings is 2. The van der Waals surface area contributed by atoms with Crippen LogP contribution in [0.5, 0.6) is 5.75 Å². The van der Waals surface area contributed by atoms with Gasteiger partial charge in [-0.05, 0) is 85.9 Å². The Balaban J connectivity index is 1.69. The summed E-state index contributed by atoms with van der Waals surface area (Å²) in [5.74, 6) is 1.40. The number of carbonyl (C=O) groups is 1. The molecule has 0 unspecified atom stereocenters. The molecule has 1 aliphatic rings. The normalized spacial score (nSPS) is 15.2. The fourth-order valence-electron chi connectivity index (χ4n) is 3.84. The third kappa shape index (κ3) is 5.29. The number of anilines is 1. The second-order valence-electron chi connectivity index (χ2n) is 7.87. The molecule has 1 aromatic heterocycles. The average Bonchev–Trinajstić information content (AvgIpc) is 2.77. The van der Waals surface area contributed by atoms with Crippen LogP contribution in [0.3, 0.4) is 0 Å². The molecule has 3 aromatic rings. The molecule has 1 N–H and O–H groups in total. The molecule has 2 aromatic carbocycles. The first kappa shape index (κ1) is 21.5. The molecule has 0 atom stereocenters. The van der Waals surface area contributed by atoms with E-state index in [1.807, 2.05) is 6.07 Å². The lowest BCUT2D eigenvalue weighted by Gasteiger charge is -2.29. The Hall–Kier alpha value is -2.77. The van der Waals surface area contributed by atoms with Crippen LogP contribution in [0.4, 0.5) is 10.2 Å². The highest BCUT2D eigenvalue weighted by Gasteiger charge is 2.18. The largest absolute Gasteiger partial charge is 0.482 e. The van der Waals surface area contributed by atoms with Crippen molar-refractivity contribution in [3.63, 3.8) is 0 Å². The van der Waals surface area contributed by atoms with Gasteiger partial charge in [-0.25, -0.2) is 14.4 Å². The summed E-state index contributed by atoms with van der Waals surface area (Å²) in [6, 6.07) is 9.94. The first-order chi connectivity index (χ1) is 15.0. The highest BCUT2D eigenvalue weighted by Crippen LogP contribution is 2.34. The van der Waals surface area contributed by atoms with Crippen LogP contribution in [0.2, 0.25) is 0 Å². The molecule has 1 saturated heterocycles. The van der Waals surface area contributed by atoms with Gasteiger partial charge in [-0.2, -0.15) is 0 Å². The summed E-state index contributed by atoms with van der Waals surface area (Å²) in [6.45, 7) is 2.73. The Morgan fingerprint density at radius 3 is 2.65 bits per heavy atom. The summed E-state index contributed by atoms with van der Waals surface area (Å²) in [4.78, 5) is 22.4. The number of hydrogen-bond donors (Lipinski definition) is 1. The molecule has 4 rings (SSSR count). The van der Waals surface area contributed by atoms with E-state index in [2.05, 4.69) is 27.2 Å². The lowest BCUT2D eigenvalue weighted by atomic mass is 9.97. The molecule has 0 spiro atoms. The maximum Gasteiger partial charge on any atom is 0.259 e.